The Morgan fingerprint density at radius 3 is 2.56 bits per heavy atom. The number of benzene rings is 1. The molecule has 2 aromatic rings. The van der Waals surface area contributed by atoms with Crippen molar-refractivity contribution >= 4 is 0 Å². The lowest BCUT2D eigenvalue weighted by Gasteiger charge is -2.08. The molecule has 1 aliphatic carbocycles. The summed E-state index contributed by atoms with van der Waals surface area (Å²) in [6.07, 6.45) is 2.23. The van der Waals surface area contributed by atoms with Crippen molar-refractivity contribution in [2.75, 3.05) is 6.54 Å². The van der Waals surface area contributed by atoms with Crippen molar-refractivity contribution in [1.29, 1.82) is 0 Å². The van der Waals surface area contributed by atoms with E-state index in [0.29, 0.717) is 6.54 Å². The Kier molecular flexibility index (Phi) is 2.48. The molecule has 1 aromatic heterocycles. The fourth-order valence-corrected chi connectivity index (χ4v) is 2.29. The molecular weight excluding hydrogens is 229 g/mol. The summed E-state index contributed by atoms with van der Waals surface area (Å²) < 4.78 is 14.8. The van der Waals surface area contributed by atoms with Gasteiger partial charge in [-0.3, -0.25) is 0 Å². The van der Waals surface area contributed by atoms with E-state index in [2.05, 4.69) is 11.2 Å². The number of nitrogens with zero attached hydrogens (tertiary/aromatic N) is 2. The topological polar surface area (TPSA) is 43.8 Å². The molecule has 0 saturated heterocycles. The lowest BCUT2D eigenvalue weighted by Crippen LogP contribution is -2.20. The second-order valence-electron chi connectivity index (χ2n) is 5.04. The molecule has 0 spiro atoms. The fourth-order valence-electron chi connectivity index (χ4n) is 2.29. The van der Waals surface area contributed by atoms with Gasteiger partial charge in [-0.1, -0.05) is 0 Å². The van der Waals surface area contributed by atoms with Crippen molar-refractivity contribution in [3.63, 3.8) is 0 Å². The van der Waals surface area contributed by atoms with Gasteiger partial charge in [0.25, 0.3) is 0 Å². The van der Waals surface area contributed by atoms with Gasteiger partial charge in [-0.15, -0.1) is 0 Å². The highest BCUT2D eigenvalue weighted by molar-refractivity contribution is 5.36. The summed E-state index contributed by atoms with van der Waals surface area (Å²) in [5.41, 5.74) is 8.91. The molecule has 94 valence electrons. The van der Waals surface area contributed by atoms with Gasteiger partial charge in [-0.05, 0) is 50.1 Å². The highest BCUT2D eigenvalue weighted by Gasteiger charge is 2.45. The molecule has 1 saturated carbocycles. The van der Waals surface area contributed by atoms with Gasteiger partial charge in [-0.25, -0.2) is 9.07 Å². The van der Waals surface area contributed by atoms with Crippen molar-refractivity contribution in [2.45, 2.75) is 25.2 Å². The molecule has 0 radical (unpaired) electrons. The van der Waals surface area contributed by atoms with Gasteiger partial charge < -0.3 is 5.73 Å². The molecule has 18 heavy (non-hydrogen) atoms. The first-order valence-electron chi connectivity index (χ1n) is 6.18. The van der Waals surface area contributed by atoms with Gasteiger partial charge in [0, 0.05) is 17.7 Å². The van der Waals surface area contributed by atoms with Gasteiger partial charge in [0.15, 0.2) is 0 Å². The number of hydrogen-bond donors (Lipinski definition) is 1. The van der Waals surface area contributed by atoms with Crippen LogP contribution in [0.3, 0.4) is 0 Å². The normalized spacial score (nSPS) is 16.8. The summed E-state index contributed by atoms with van der Waals surface area (Å²) in [7, 11) is 0. The number of halogens is 1. The maximum atomic E-state index is 12.9. The lowest BCUT2D eigenvalue weighted by atomic mass is 10.0. The second kappa shape index (κ2) is 3.92. The van der Waals surface area contributed by atoms with Crippen LogP contribution in [0.15, 0.2) is 30.3 Å². The Hall–Kier alpha value is -1.68. The Morgan fingerprint density at radius 1 is 1.33 bits per heavy atom. The van der Waals surface area contributed by atoms with Crippen molar-refractivity contribution in [1.82, 2.24) is 9.78 Å². The molecule has 1 heterocycles. The Balaban J connectivity index is 2.00. The van der Waals surface area contributed by atoms with Gasteiger partial charge in [-0.2, -0.15) is 5.10 Å². The average Bonchev–Trinajstić information content (AvgIpc) is 3.08. The number of rotatable bonds is 3. The van der Waals surface area contributed by atoms with Crippen LogP contribution in [0.4, 0.5) is 4.39 Å². The lowest BCUT2D eigenvalue weighted by molar-refractivity contribution is 0.626. The number of hydrogen-bond acceptors (Lipinski definition) is 2. The highest BCUT2D eigenvalue weighted by Crippen LogP contribution is 2.46. The van der Waals surface area contributed by atoms with Crippen LogP contribution in [0.2, 0.25) is 0 Å². The Bertz CT molecular complexity index is 567. The zero-order valence-corrected chi connectivity index (χ0v) is 10.4. The smallest absolute Gasteiger partial charge is 0.123 e. The van der Waals surface area contributed by atoms with E-state index in [-0.39, 0.29) is 11.2 Å². The van der Waals surface area contributed by atoms with Crippen LogP contribution >= 0.6 is 0 Å². The number of nitrogens with two attached hydrogens (primary N) is 1. The van der Waals surface area contributed by atoms with Crippen molar-refractivity contribution in [3.8, 4) is 5.69 Å². The van der Waals surface area contributed by atoms with Crippen LogP contribution < -0.4 is 5.73 Å². The molecule has 0 atom stereocenters. The average molecular weight is 245 g/mol. The van der Waals surface area contributed by atoms with Gasteiger partial charge in [0.05, 0.1) is 11.4 Å². The summed E-state index contributed by atoms with van der Waals surface area (Å²) >= 11 is 0. The maximum Gasteiger partial charge on any atom is 0.123 e. The minimum Gasteiger partial charge on any atom is -0.330 e. The monoisotopic (exact) mass is 245 g/mol. The van der Waals surface area contributed by atoms with Crippen LogP contribution in [0, 0.1) is 12.7 Å². The van der Waals surface area contributed by atoms with Crippen molar-refractivity contribution in [3.05, 3.63) is 47.5 Å². The molecule has 0 bridgehead atoms. The van der Waals surface area contributed by atoms with E-state index in [1.807, 2.05) is 11.6 Å². The molecule has 0 unspecified atom stereocenters. The van der Waals surface area contributed by atoms with E-state index in [1.54, 1.807) is 12.1 Å². The third kappa shape index (κ3) is 1.73. The van der Waals surface area contributed by atoms with E-state index >= 15 is 0 Å². The number of aromatic nitrogens is 2. The van der Waals surface area contributed by atoms with Crippen LogP contribution in [-0.2, 0) is 5.41 Å². The minimum atomic E-state index is -0.232. The van der Waals surface area contributed by atoms with Gasteiger partial charge in [0.1, 0.15) is 5.82 Å². The summed E-state index contributed by atoms with van der Waals surface area (Å²) in [5, 5.41) is 4.63. The minimum absolute atomic E-state index is 0.0933. The molecule has 2 N–H and O–H groups in total. The zero-order valence-electron chi connectivity index (χ0n) is 10.4. The van der Waals surface area contributed by atoms with E-state index in [4.69, 9.17) is 5.73 Å². The summed E-state index contributed by atoms with van der Waals surface area (Å²) in [4.78, 5) is 0. The third-order valence-corrected chi connectivity index (χ3v) is 3.75. The Labute approximate surface area is 105 Å². The standard InChI is InChI=1S/C14H16FN3/c1-10-8-13(14(9-16)6-7-14)17-18(10)12-4-2-11(15)3-5-12/h2-5,8H,6-7,9,16H2,1H3. The first-order chi connectivity index (χ1) is 8.64. The van der Waals surface area contributed by atoms with Crippen LogP contribution in [0.25, 0.3) is 5.69 Å². The molecule has 3 nitrogen and oxygen atoms in total. The second-order valence-corrected chi connectivity index (χ2v) is 5.04. The molecular formula is C14H16FN3. The summed E-state index contributed by atoms with van der Waals surface area (Å²) in [6, 6.07) is 8.46. The molecule has 1 fully saturated rings. The molecule has 3 rings (SSSR count). The van der Waals surface area contributed by atoms with E-state index in [9.17, 15) is 4.39 Å². The first-order valence-corrected chi connectivity index (χ1v) is 6.18. The Morgan fingerprint density at radius 2 is 2.00 bits per heavy atom. The highest BCUT2D eigenvalue weighted by atomic mass is 19.1. The van der Waals surface area contributed by atoms with Crippen LogP contribution in [0.1, 0.15) is 24.2 Å². The van der Waals surface area contributed by atoms with Crippen molar-refractivity contribution in [2.24, 2.45) is 5.73 Å². The maximum absolute atomic E-state index is 12.9. The predicted octanol–water partition coefficient (Wildman–Crippen LogP) is 2.31. The van der Waals surface area contributed by atoms with Crippen LogP contribution in [0.5, 0.6) is 0 Å². The van der Waals surface area contributed by atoms with E-state index in [0.717, 1.165) is 29.9 Å². The zero-order chi connectivity index (χ0) is 12.8. The number of aryl methyl sites for hydroxylation is 1. The van der Waals surface area contributed by atoms with Gasteiger partial charge >= 0.3 is 0 Å². The molecule has 4 heteroatoms. The van der Waals surface area contributed by atoms with Crippen LogP contribution in [-0.4, -0.2) is 16.3 Å². The first kappa shape index (κ1) is 11.4. The SMILES string of the molecule is Cc1cc(C2(CN)CC2)nn1-c1ccc(F)cc1. The summed E-state index contributed by atoms with van der Waals surface area (Å²) in [6.45, 7) is 2.65. The third-order valence-electron chi connectivity index (χ3n) is 3.75. The van der Waals surface area contributed by atoms with E-state index < -0.39 is 0 Å². The van der Waals surface area contributed by atoms with E-state index in [1.165, 1.54) is 12.1 Å². The molecule has 1 aromatic carbocycles. The fraction of sp³-hybridized carbons (Fsp3) is 0.357. The summed E-state index contributed by atoms with van der Waals surface area (Å²) in [5.74, 6) is -0.232. The predicted molar refractivity (Wildman–Crippen MR) is 68.2 cm³/mol. The molecule has 0 amide bonds. The van der Waals surface area contributed by atoms with Gasteiger partial charge in [0.2, 0.25) is 0 Å². The molecule has 0 aliphatic heterocycles. The van der Waals surface area contributed by atoms with Crippen molar-refractivity contribution < 1.29 is 4.39 Å². The molecule has 1 aliphatic rings. The quantitative estimate of drug-likeness (QED) is 0.901. The largest absolute Gasteiger partial charge is 0.330 e.